The topological polar surface area (TPSA) is 53.6 Å². The fourth-order valence-electron chi connectivity index (χ4n) is 2.25. The summed E-state index contributed by atoms with van der Waals surface area (Å²) in [5, 5.41) is 0. The predicted molar refractivity (Wildman–Crippen MR) is 69.1 cm³/mol. The van der Waals surface area contributed by atoms with Gasteiger partial charge in [-0.2, -0.15) is 0 Å². The lowest BCUT2D eigenvalue weighted by Crippen LogP contribution is -2.43. The lowest BCUT2D eigenvalue weighted by atomic mass is 10.0. The molecule has 4 heteroatoms. The van der Waals surface area contributed by atoms with E-state index in [1.807, 2.05) is 0 Å². The Labute approximate surface area is 99.3 Å². The van der Waals surface area contributed by atoms with Crippen molar-refractivity contribution < 1.29 is 0 Å². The number of hydrogen-bond acceptors (Lipinski definition) is 2. The third-order valence-corrected chi connectivity index (χ3v) is 3.18. The van der Waals surface area contributed by atoms with Gasteiger partial charge in [-0.15, -0.1) is 0 Å². The zero-order valence-corrected chi connectivity index (χ0v) is 10.7. The SMILES string of the molecule is CCCCN=C(NN)N1CCC(CCC)C1. The predicted octanol–water partition coefficient (Wildman–Crippen LogP) is 1.73. The summed E-state index contributed by atoms with van der Waals surface area (Å²) >= 11 is 0. The molecule has 1 aliphatic heterocycles. The molecule has 1 unspecified atom stereocenters. The van der Waals surface area contributed by atoms with Gasteiger partial charge < -0.3 is 4.90 Å². The third-order valence-electron chi connectivity index (χ3n) is 3.18. The van der Waals surface area contributed by atoms with Crippen LogP contribution >= 0.6 is 0 Å². The molecule has 0 aromatic heterocycles. The van der Waals surface area contributed by atoms with Crippen molar-refractivity contribution in [2.75, 3.05) is 19.6 Å². The molecule has 0 saturated carbocycles. The minimum atomic E-state index is 0.828. The molecule has 0 bridgehead atoms. The number of hydrogen-bond donors (Lipinski definition) is 2. The molecule has 1 atom stereocenters. The van der Waals surface area contributed by atoms with Crippen molar-refractivity contribution in [2.24, 2.45) is 16.8 Å². The Hall–Kier alpha value is -0.770. The van der Waals surface area contributed by atoms with E-state index in [4.69, 9.17) is 5.84 Å². The number of unbranched alkanes of at least 4 members (excludes halogenated alkanes) is 1. The lowest BCUT2D eigenvalue weighted by Gasteiger charge is -2.20. The minimum Gasteiger partial charge on any atom is -0.342 e. The van der Waals surface area contributed by atoms with E-state index < -0.39 is 0 Å². The van der Waals surface area contributed by atoms with E-state index in [0.717, 1.165) is 37.9 Å². The van der Waals surface area contributed by atoms with Crippen LogP contribution in [0.1, 0.15) is 46.0 Å². The van der Waals surface area contributed by atoms with Crippen LogP contribution < -0.4 is 11.3 Å². The van der Waals surface area contributed by atoms with Crippen LogP contribution in [-0.4, -0.2) is 30.5 Å². The Morgan fingerprint density at radius 1 is 1.44 bits per heavy atom. The van der Waals surface area contributed by atoms with E-state index in [9.17, 15) is 0 Å². The average molecular weight is 226 g/mol. The maximum atomic E-state index is 5.53. The Kier molecular flexibility index (Phi) is 6.23. The van der Waals surface area contributed by atoms with Crippen LogP contribution in [0.5, 0.6) is 0 Å². The van der Waals surface area contributed by atoms with E-state index in [0.29, 0.717) is 0 Å². The molecule has 0 aromatic rings. The first-order valence-electron chi connectivity index (χ1n) is 6.57. The van der Waals surface area contributed by atoms with Gasteiger partial charge in [-0.3, -0.25) is 10.4 Å². The van der Waals surface area contributed by atoms with E-state index in [2.05, 4.69) is 29.2 Å². The number of nitrogens with zero attached hydrogens (tertiary/aromatic N) is 2. The molecule has 3 N–H and O–H groups in total. The summed E-state index contributed by atoms with van der Waals surface area (Å²) in [6.45, 7) is 7.52. The molecule has 16 heavy (non-hydrogen) atoms. The van der Waals surface area contributed by atoms with Gasteiger partial charge in [0, 0.05) is 19.6 Å². The van der Waals surface area contributed by atoms with Gasteiger partial charge in [0.2, 0.25) is 5.96 Å². The monoisotopic (exact) mass is 226 g/mol. The fourth-order valence-corrected chi connectivity index (χ4v) is 2.25. The van der Waals surface area contributed by atoms with Crippen LogP contribution in [0.3, 0.4) is 0 Å². The molecular weight excluding hydrogens is 200 g/mol. The Bertz CT molecular complexity index is 215. The molecule has 1 fully saturated rings. The summed E-state index contributed by atoms with van der Waals surface area (Å²) in [6.07, 6.45) is 6.19. The molecule has 0 radical (unpaired) electrons. The molecular formula is C12H26N4. The third kappa shape index (κ3) is 4.00. The van der Waals surface area contributed by atoms with E-state index in [-0.39, 0.29) is 0 Å². The molecule has 1 saturated heterocycles. The number of aliphatic imine (C=N–C) groups is 1. The number of hydrazine groups is 1. The van der Waals surface area contributed by atoms with Crippen molar-refractivity contribution in [2.45, 2.75) is 46.0 Å². The highest BCUT2D eigenvalue weighted by molar-refractivity contribution is 5.79. The Morgan fingerprint density at radius 3 is 2.88 bits per heavy atom. The number of rotatable bonds is 5. The van der Waals surface area contributed by atoms with Crippen LogP contribution in [0.4, 0.5) is 0 Å². The second kappa shape index (κ2) is 7.49. The van der Waals surface area contributed by atoms with Crippen LogP contribution in [0.25, 0.3) is 0 Å². The Balaban J connectivity index is 2.39. The van der Waals surface area contributed by atoms with Gasteiger partial charge >= 0.3 is 0 Å². The molecule has 0 aromatic carbocycles. The first-order valence-corrected chi connectivity index (χ1v) is 6.57. The van der Waals surface area contributed by atoms with Crippen LogP contribution in [0.15, 0.2) is 4.99 Å². The number of nitrogens with one attached hydrogen (secondary N) is 1. The number of likely N-dealkylation sites (tertiary alicyclic amines) is 1. The largest absolute Gasteiger partial charge is 0.342 e. The Morgan fingerprint density at radius 2 is 2.25 bits per heavy atom. The highest BCUT2D eigenvalue weighted by Crippen LogP contribution is 2.20. The maximum absolute atomic E-state index is 5.53. The molecule has 0 spiro atoms. The number of guanidine groups is 1. The summed E-state index contributed by atoms with van der Waals surface area (Å²) in [5.74, 6) is 7.24. The standard InChI is InChI=1S/C12H26N4/c1-3-5-8-14-12(15-13)16-9-7-11(10-16)6-4-2/h11H,3-10,13H2,1-2H3,(H,14,15). The van der Waals surface area contributed by atoms with Crippen molar-refractivity contribution in [1.29, 1.82) is 0 Å². The van der Waals surface area contributed by atoms with Crippen LogP contribution in [0, 0.1) is 5.92 Å². The summed E-state index contributed by atoms with van der Waals surface area (Å²) in [4.78, 5) is 6.80. The van der Waals surface area contributed by atoms with Gasteiger partial charge in [0.05, 0.1) is 0 Å². The fraction of sp³-hybridized carbons (Fsp3) is 0.917. The average Bonchev–Trinajstić information content (AvgIpc) is 2.74. The van der Waals surface area contributed by atoms with Gasteiger partial charge in [0.25, 0.3) is 0 Å². The number of nitrogens with two attached hydrogens (primary N) is 1. The quantitative estimate of drug-likeness (QED) is 0.247. The highest BCUT2D eigenvalue weighted by Gasteiger charge is 2.23. The van der Waals surface area contributed by atoms with Crippen molar-refractivity contribution in [3.8, 4) is 0 Å². The smallest absolute Gasteiger partial charge is 0.208 e. The molecule has 1 heterocycles. The van der Waals surface area contributed by atoms with E-state index >= 15 is 0 Å². The second-order valence-corrected chi connectivity index (χ2v) is 4.59. The molecule has 94 valence electrons. The molecule has 0 amide bonds. The molecule has 0 aliphatic carbocycles. The summed E-state index contributed by atoms with van der Waals surface area (Å²) in [7, 11) is 0. The molecule has 1 aliphatic rings. The van der Waals surface area contributed by atoms with E-state index in [1.54, 1.807) is 0 Å². The maximum Gasteiger partial charge on any atom is 0.208 e. The van der Waals surface area contributed by atoms with Crippen molar-refractivity contribution in [3.05, 3.63) is 0 Å². The van der Waals surface area contributed by atoms with Crippen molar-refractivity contribution in [3.63, 3.8) is 0 Å². The van der Waals surface area contributed by atoms with Gasteiger partial charge in [-0.05, 0) is 25.2 Å². The molecule has 1 rings (SSSR count). The van der Waals surface area contributed by atoms with Gasteiger partial charge in [0.15, 0.2) is 0 Å². The first-order chi connectivity index (χ1) is 7.81. The van der Waals surface area contributed by atoms with E-state index in [1.165, 1.54) is 25.7 Å². The van der Waals surface area contributed by atoms with Crippen molar-refractivity contribution >= 4 is 5.96 Å². The summed E-state index contributed by atoms with van der Waals surface area (Å²) in [5.41, 5.74) is 2.74. The van der Waals surface area contributed by atoms with Crippen LogP contribution in [0.2, 0.25) is 0 Å². The highest BCUT2D eigenvalue weighted by atomic mass is 15.4. The first kappa shape index (κ1) is 13.3. The van der Waals surface area contributed by atoms with Gasteiger partial charge in [-0.25, -0.2) is 5.84 Å². The molecule has 4 nitrogen and oxygen atoms in total. The lowest BCUT2D eigenvalue weighted by molar-refractivity contribution is 0.444. The van der Waals surface area contributed by atoms with Crippen molar-refractivity contribution in [1.82, 2.24) is 10.3 Å². The normalized spacial score (nSPS) is 21.6. The summed E-state index contributed by atoms with van der Waals surface area (Å²) < 4.78 is 0. The summed E-state index contributed by atoms with van der Waals surface area (Å²) in [6, 6.07) is 0. The second-order valence-electron chi connectivity index (χ2n) is 4.59. The van der Waals surface area contributed by atoms with Crippen LogP contribution in [-0.2, 0) is 0 Å². The zero-order valence-electron chi connectivity index (χ0n) is 10.7. The minimum absolute atomic E-state index is 0.828. The zero-order chi connectivity index (χ0) is 11.8. The van der Waals surface area contributed by atoms with Gasteiger partial charge in [-0.1, -0.05) is 26.7 Å². The van der Waals surface area contributed by atoms with Gasteiger partial charge in [0.1, 0.15) is 0 Å².